The highest BCUT2D eigenvalue weighted by atomic mass is 19.1. The number of hydrogen-bond acceptors (Lipinski definition) is 7. The Kier molecular flexibility index (Phi) is 8.10. The summed E-state index contributed by atoms with van der Waals surface area (Å²) in [5, 5.41) is 2.73. The van der Waals surface area contributed by atoms with E-state index < -0.39 is 11.9 Å². The van der Waals surface area contributed by atoms with Crippen molar-refractivity contribution < 1.29 is 32.7 Å². The van der Waals surface area contributed by atoms with Crippen molar-refractivity contribution in [3.8, 4) is 0 Å². The molecule has 1 saturated carbocycles. The number of ether oxygens (including phenoxy) is 2. The zero-order valence-electron chi connectivity index (χ0n) is 19.1. The molecule has 4 rings (SSSR count). The molecule has 1 N–H and O–H groups in total. The van der Waals surface area contributed by atoms with Gasteiger partial charge in [-0.3, -0.25) is 9.59 Å². The number of aromatic nitrogens is 1. The van der Waals surface area contributed by atoms with Gasteiger partial charge in [0, 0.05) is 32.1 Å². The van der Waals surface area contributed by atoms with E-state index in [0.717, 1.165) is 25.7 Å². The van der Waals surface area contributed by atoms with E-state index in [9.17, 15) is 18.8 Å². The number of rotatable bonds is 9. The molecule has 2 fully saturated rings. The molecule has 1 saturated heterocycles. The third-order valence-electron chi connectivity index (χ3n) is 6.45. The summed E-state index contributed by atoms with van der Waals surface area (Å²) in [7, 11) is 0. The number of morpholine rings is 1. The highest BCUT2D eigenvalue weighted by Crippen LogP contribution is 2.32. The predicted octanol–water partition coefficient (Wildman–Crippen LogP) is 3.32. The number of hydrogen-bond donors (Lipinski definition) is 1. The average Bonchev–Trinajstić information content (AvgIpc) is 3.52. The molecule has 1 unspecified atom stereocenters. The van der Waals surface area contributed by atoms with Crippen molar-refractivity contribution in [2.45, 2.75) is 38.5 Å². The van der Waals surface area contributed by atoms with Crippen LogP contribution in [-0.2, 0) is 14.3 Å². The molecule has 1 atom stereocenters. The Bertz CT molecular complexity index is 1010. The van der Waals surface area contributed by atoms with Crippen LogP contribution in [0.25, 0.3) is 11.1 Å². The Hall–Kier alpha value is -3.01. The minimum atomic E-state index is -0.609. The van der Waals surface area contributed by atoms with Crippen molar-refractivity contribution in [2.75, 3.05) is 39.5 Å². The first-order valence-corrected chi connectivity index (χ1v) is 11.9. The maximum atomic E-state index is 13.3. The normalized spacial score (nSPS) is 17.6. The molecule has 184 valence electrons. The van der Waals surface area contributed by atoms with Crippen LogP contribution in [-0.4, -0.2) is 67.1 Å². The number of oxazole rings is 1. The van der Waals surface area contributed by atoms with E-state index in [1.807, 2.05) is 4.90 Å². The van der Waals surface area contributed by atoms with Crippen LogP contribution in [0.15, 0.2) is 22.6 Å². The Morgan fingerprint density at radius 1 is 1.21 bits per heavy atom. The van der Waals surface area contributed by atoms with Gasteiger partial charge in [-0.05, 0) is 37.3 Å². The van der Waals surface area contributed by atoms with Crippen molar-refractivity contribution in [3.05, 3.63) is 29.9 Å². The molecule has 0 spiro atoms. The summed E-state index contributed by atoms with van der Waals surface area (Å²) >= 11 is 0. The lowest BCUT2D eigenvalue weighted by Gasteiger charge is -2.32. The van der Waals surface area contributed by atoms with Gasteiger partial charge in [0.05, 0.1) is 25.7 Å². The van der Waals surface area contributed by atoms with E-state index in [0.29, 0.717) is 31.8 Å². The first-order chi connectivity index (χ1) is 16.5. The number of amides is 2. The van der Waals surface area contributed by atoms with E-state index in [1.165, 1.54) is 18.2 Å². The number of benzene rings is 1. The largest absolute Gasteiger partial charge is 0.450 e. The fourth-order valence-electron chi connectivity index (χ4n) is 4.60. The van der Waals surface area contributed by atoms with Gasteiger partial charge in [0.15, 0.2) is 5.58 Å². The summed E-state index contributed by atoms with van der Waals surface area (Å²) in [6.07, 6.45) is 3.93. The SMILES string of the molecule is O=C(NCC(C(=O)N1CCOCC1)C1CCCC1)OCCCC(=O)c1nc2ccc(F)cc2o1. The molecule has 1 aromatic carbocycles. The summed E-state index contributed by atoms with van der Waals surface area (Å²) in [4.78, 5) is 43.4. The molecule has 1 aromatic heterocycles. The topological polar surface area (TPSA) is 111 Å². The van der Waals surface area contributed by atoms with Crippen LogP contribution in [0.3, 0.4) is 0 Å². The highest BCUT2D eigenvalue weighted by Gasteiger charge is 2.34. The van der Waals surface area contributed by atoms with Crippen LogP contribution in [0.1, 0.15) is 49.2 Å². The van der Waals surface area contributed by atoms with Gasteiger partial charge in [0.25, 0.3) is 5.89 Å². The molecule has 34 heavy (non-hydrogen) atoms. The number of carbonyl (C=O) groups excluding carboxylic acids is 3. The fraction of sp³-hybridized carbons (Fsp3) is 0.583. The standard InChI is InChI=1S/C24H30FN3O6/c25-17-7-8-19-21(14-17)34-22(27-19)20(29)6-3-11-33-24(31)26-15-18(16-4-1-2-5-16)23(30)28-9-12-32-13-10-28/h7-8,14,16,18H,1-6,9-13,15H2,(H,26,31). The Morgan fingerprint density at radius 2 is 1.97 bits per heavy atom. The minimum Gasteiger partial charge on any atom is -0.450 e. The number of carbonyl (C=O) groups is 3. The summed E-state index contributed by atoms with van der Waals surface area (Å²) in [6.45, 7) is 2.51. The van der Waals surface area contributed by atoms with E-state index in [4.69, 9.17) is 13.9 Å². The summed E-state index contributed by atoms with van der Waals surface area (Å²) in [6, 6.07) is 3.87. The molecule has 9 nitrogen and oxygen atoms in total. The highest BCUT2D eigenvalue weighted by molar-refractivity contribution is 5.94. The second kappa shape index (κ2) is 11.4. The molecule has 2 aromatic rings. The van der Waals surface area contributed by atoms with Crippen molar-refractivity contribution >= 4 is 28.9 Å². The molecular weight excluding hydrogens is 445 g/mol. The zero-order valence-corrected chi connectivity index (χ0v) is 19.1. The number of fused-ring (bicyclic) bond motifs is 1. The van der Waals surface area contributed by atoms with E-state index in [1.54, 1.807) is 0 Å². The van der Waals surface area contributed by atoms with Gasteiger partial charge in [-0.15, -0.1) is 0 Å². The van der Waals surface area contributed by atoms with Crippen LogP contribution >= 0.6 is 0 Å². The van der Waals surface area contributed by atoms with Crippen molar-refractivity contribution in [3.63, 3.8) is 0 Å². The number of nitrogens with one attached hydrogen (secondary N) is 1. The molecular formula is C24H30FN3O6. The monoisotopic (exact) mass is 475 g/mol. The molecule has 10 heteroatoms. The van der Waals surface area contributed by atoms with Gasteiger partial charge >= 0.3 is 6.09 Å². The number of halogens is 1. The van der Waals surface area contributed by atoms with Crippen LogP contribution in [0.5, 0.6) is 0 Å². The molecule has 1 aliphatic carbocycles. The molecule has 2 aliphatic rings. The van der Waals surface area contributed by atoms with Crippen molar-refractivity contribution in [1.82, 2.24) is 15.2 Å². The number of ketones is 1. The summed E-state index contributed by atoms with van der Waals surface area (Å²) in [5.74, 6) is -0.843. The maximum absolute atomic E-state index is 13.3. The Balaban J connectivity index is 1.20. The number of nitrogens with zero attached hydrogens (tertiary/aromatic N) is 2. The van der Waals surface area contributed by atoms with Gasteiger partial charge in [-0.2, -0.15) is 0 Å². The second-order valence-electron chi connectivity index (χ2n) is 8.76. The van der Waals surface area contributed by atoms with Crippen LogP contribution in [0.4, 0.5) is 9.18 Å². The lowest BCUT2D eigenvalue weighted by atomic mass is 9.89. The fourth-order valence-corrected chi connectivity index (χ4v) is 4.60. The van der Waals surface area contributed by atoms with Crippen LogP contribution in [0, 0.1) is 17.7 Å². The third kappa shape index (κ3) is 6.11. The van der Waals surface area contributed by atoms with Crippen LogP contribution in [0.2, 0.25) is 0 Å². The van der Waals surface area contributed by atoms with Gasteiger partial charge in [0.2, 0.25) is 11.7 Å². The van der Waals surface area contributed by atoms with E-state index >= 15 is 0 Å². The Labute approximate surface area is 197 Å². The smallest absolute Gasteiger partial charge is 0.407 e. The lowest BCUT2D eigenvalue weighted by Crippen LogP contribution is -2.48. The molecule has 0 radical (unpaired) electrons. The number of alkyl carbamates (subject to hydrolysis) is 1. The van der Waals surface area contributed by atoms with Crippen molar-refractivity contribution in [2.24, 2.45) is 11.8 Å². The number of Topliss-reactive ketones (excluding diaryl/α,β-unsaturated/α-hetero) is 1. The van der Waals surface area contributed by atoms with E-state index in [2.05, 4.69) is 10.3 Å². The van der Waals surface area contributed by atoms with Gasteiger partial charge < -0.3 is 24.1 Å². The van der Waals surface area contributed by atoms with Gasteiger partial charge in [-0.25, -0.2) is 14.2 Å². The van der Waals surface area contributed by atoms with Crippen molar-refractivity contribution in [1.29, 1.82) is 0 Å². The quantitative estimate of drug-likeness (QED) is 0.437. The average molecular weight is 476 g/mol. The summed E-state index contributed by atoms with van der Waals surface area (Å²) in [5.41, 5.74) is 0.617. The Morgan fingerprint density at radius 3 is 2.74 bits per heavy atom. The van der Waals surface area contributed by atoms with Crippen LogP contribution < -0.4 is 5.32 Å². The zero-order chi connectivity index (χ0) is 23.9. The first kappa shape index (κ1) is 24.1. The molecule has 0 bridgehead atoms. The first-order valence-electron chi connectivity index (χ1n) is 11.9. The van der Waals surface area contributed by atoms with Gasteiger partial charge in [0.1, 0.15) is 11.3 Å². The minimum absolute atomic E-state index is 0.0396. The molecule has 1 aliphatic heterocycles. The third-order valence-corrected chi connectivity index (χ3v) is 6.45. The van der Waals surface area contributed by atoms with E-state index in [-0.39, 0.29) is 61.0 Å². The molecule has 2 amide bonds. The molecule has 2 heterocycles. The second-order valence-corrected chi connectivity index (χ2v) is 8.76. The lowest BCUT2D eigenvalue weighted by molar-refractivity contribution is -0.141. The van der Waals surface area contributed by atoms with Gasteiger partial charge in [-0.1, -0.05) is 12.8 Å². The maximum Gasteiger partial charge on any atom is 0.407 e. The predicted molar refractivity (Wildman–Crippen MR) is 120 cm³/mol. The summed E-state index contributed by atoms with van der Waals surface area (Å²) < 4.78 is 29.1.